The molecule has 0 saturated heterocycles. The number of hydrogen-bond donors (Lipinski definition) is 2. The maximum atomic E-state index is 12.2. The topological polar surface area (TPSA) is 70.6 Å². The summed E-state index contributed by atoms with van der Waals surface area (Å²) in [6.45, 7) is 1.69. The number of hydrazone groups is 1. The van der Waals surface area contributed by atoms with Gasteiger partial charge in [0.2, 0.25) is 0 Å². The Morgan fingerprint density at radius 2 is 1.32 bits per heavy atom. The van der Waals surface area contributed by atoms with E-state index >= 15 is 0 Å². The molecule has 0 unspecified atom stereocenters. The van der Waals surface area contributed by atoms with Crippen molar-refractivity contribution in [1.29, 1.82) is 0 Å². The summed E-state index contributed by atoms with van der Waals surface area (Å²) in [5.41, 5.74) is 6.37. The average Bonchev–Trinajstić information content (AvgIpc) is 2.74. The number of amides is 2. The Labute approximate surface area is 164 Å². The second-order valence-electron chi connectivity index (χ2n) is 6.23. The molecule has 5 nitrogen and oxygen atoms in total. The van der Waals surface area contributed by atoms with E-state index in [0.717, 1.165) is 16.7 Å². The van der Waals surface area contributed by atoms with E-state index in [0.29, 0.717) is 11.3 Å². The summed E-state index contributed by atoms with van der Waals surface area (Å²) in [5.74, 6) is -0.685. The van der Waals surface area contributed by atoms with Crippen LogP contribution in [0.2, 0.25) is 0 Å². The van der Waals surface area contributed by atoms with Gasteiger partial charge in [-0.15, -0.1) is 0 Å². The molecule has 3 aromatic rings. The lowest BCUT2D eigenvalue weighted by atomic mass is 10.0. The molecule has 0 saturated carbocycles. The number of hydrogen-bond acceptors (Lipinski definition) is 3. The molecule has 0 heterocycles. The summed E-state index contributed by atoms with van der Waals surface area (Å²) in [4.78, 5) is 24.4. The van der Waals surface area contributed by atoms with Crippen molar-refractivity contribution in [1.82, 2.24) is 10.7 Å². The number of nitrogens with one attached hydrogen (secondary N) is 2. The minimum atomic E-state index is -0.397. The van der Waals surface area contributed by atoms with Gasteiger partial charge in [-0.25, -0.2) is 5.43 Å². The van der Waals surface area contributed by atoms with Crippen LogP contribution in [0.4, 0.5) is 0 Å². The third kappa shape index (κ3) is 4.92. The van der Waals surface area contributed by atoms with Crippen molar-refractivity contribution < 1.29 is 9.59 Å². The van der Waals surface area contributed by atoms with Gasteiger partial charge in [0.25, 0.3) is 11.8 Å². The number of aryl methyl sites for hydroxylation is 1. The molecule has 0 spiro atoms. The first-order chi connectivity index (χ1) is 13.6. The van der Waals surface area contributed by atoms with Gasteiger partial charge < -0.3 is 5.32 Å². The van der Waals surface area contributed by atoms with Crippen LogP contribution in [0, 0.1) is 6.92 Å². The SMILES string of the molecule is Cc1ccccc1C(=O)NCC(=O)NN=C(c1ccccc1)c1ccccc1. The Morgan fingerprint density at radius 1 is 0.786 bits per heavy atom. The smallest absolute Gasteiger partial charge is 0.259 e. The predicted molar refractivity (Wildman–Crippen MR) is 110 cm³/mol. The Kier molecular flexibility index (Phi) is 6.31. The van der Waals surface area contributed by atoms with Crippen molar-refractivity contribution in [3.63, 3.8) is 0 Å². The lowest BCUT2D eigenvalue weighted by Gasteiger charge is -2.09. The van der Waals surface area contributed by atoms with Crippen molar-refractivity contribution in [2.75, 3.05) is 6.54 Å². The zero-order valence-electron chi connectivity index (χ0n) is 15.6. The molecule has 0 atom stereocenters. The Morgan fingerprint density at radius 3 is 1.89 bits per heavy atom. The van der Waals surface area contributed by atoms with Crippen LogP contribution in [-0.4, -0.2) is 24.1 Å². The van der Waals surface area contributed by atoms with Gasteiger partial charge in [0.15, 0.2) is 0 Å². The van der Waals surface area contributed by atoms with Gasteiger partial charge in [-0.05, 0) is 18.6 Å². The predicted octanol–water partition coefficient (Wildman–Crippen LogP) is 3.29. The molecule has 0 aliphatic heterocycles. The summed E-state index contributed by atoms with van der Waals surface area (Å²) in [7, 11) is 0. The van der Waals surface area contributed by atoms with Crippen molar-refractivity contribution >= 4 is 17.5 Å². The highest BCUT2D eigenvalue weighted by Gasteiger charge is 2.11. The number of carbonyl (C=O) groups is 2. The van der Waals surface area contributed by atoms with E-state index in [1.54, 1.807) is 12.1 Å². The number of benzene rings is 3. The van der Waals surface area contributed by atoms with Crippen molar-refractivity contribution in [2.45, 2.75) is 6.92 Å². The summed E-state index contributed by atoms with van der Waals surface area (Å²) >= 11 is 0. The van der Waals surface area contributed by atoms with Crippen molar-refractivity contribution in [3.8, 4) is 0 Å². The van der Waals surface area contributed by atoms with Gasteiger partial charge in [0.05, 0.1) is 12.3 Å². The summed E-state index contributed by atoms with van der Waals surface area (Å²) < 4.78 is 0. The van der Waals surface area contributed by atoms with Gasteiger partial charge in [-0.1, -0.05) is 78.9 Å². The molecule has 28 heavy (non-hydrogen) atoms. The van der Waals surface area contributed by atoms with Crippen molar-refractivity contribution in [3.05, 3.63) is 107 Å². The van der Waals surface area contributed by atoms with E-state index in [1.807, 2.05) is 79.7 Å². The van der Waals surface area contributed by atoms with Gasteiger partial charge in [-0.3, -0.25) is 9.59 Å². The van der Waals surface area contributed by atoms with Crippen LogP contribution < -0.4 is 10.7 Å². The van der Waals surface area contributed by atoms with Crippen LogP contribution in [0.5, 0.6) is 0 Å². The molecule has 0 fully saturated rings. The van der Waals surface area contributed by atoms with Crippen molar-refractivity contribution in [2.24, 2.45) is 5.10 Å². The normalized spacial score (nSPS) is 10.0. The molecule has 0 aromatic heterocycles. The third-order valence-electron chi connectivity index (χ3n) is 4.19. The molecular formula is C23H21N3O2. The summed E-state index contributed by atoms with van der Waals surface area (Å²) in [6.07, 6.45) is 0. The molecule has 3 aromatic carbocycles. The Bertz CT molecular complexity index is 941. The molecule has 2 amide bonds. The van der Waals surface area contributed by atoms with Crippen LogP contribution in [0.3, 0.4) is 0 Å². The molecule has 0 bridgehead atoms. The zero-order chi connectivity index (χ0) is 19.8. The highest BCUT2D eigenvalue weighted by molar-refractivity contribution is 6.13. The van der Waals surface area contributed by atoms with Gasteiger partial charge in [0, 0.05) is 16.7 Å². The van der Waals surface area contributed by atoms with E-state index in [9.17, 15) is 9.59 Å². The second kappa shape index (κ2) is 9.28. The van der Waals surface area contributed by atoms with Crippen LogP contribution in [0.25, 0.3) is 0 Å². The maximum Gasteiger partial charge on any atom is 0.259 e. The second-order valence-corrected chi connectivity index (χ2v) is 6.23. The van der Waals surface area contributed by atoms with E-state index in [-0.39, 0.29) is 12.5 Å². The van der Waals surface area contributed by atoms with Gasteiger partial charge in [0.1, 0.15) is 0 Å². The molecule has 0 aliphatic rings. The fourth-order valence-electron chi connectivity index (χ4n) is 2.73. The van der Waals surface area contributed by atoms with E-state index < -0.39 is 5.91 Å². The maximum absolute atomic E-state index is 12.2. The van der Waals surface area contributed by atoms with E-state index in [4.69, 9.17) is 0 Å². The largest absolute Gasteiger partial charge is 0.343 e. The lowest BCUT2D eigenvalue weighted by molar-refractivity contribution is -0.120. The molecule has 0 aliphatic carbocycles. The first kappa shape index (κ1) is 19.0. The highest BCUT2D eigenvalue weighted by atomic mass is 16.2. The lowest BCUT2D eigenvalue weighted by Crippen LogP contribution is -2.35. The Hall–Kier alpha value is -3.73. The molecule has 3 rings (SSSR count). The fourth-order valence-corrected chi connectivity index (χ4v) is 2.73. The summed E-state index contributed by atoms with van der Waals surface area (Å²) in [5, 5.41) is 6.92. The van der Waals surface area contributed by atoms with Crippen LogP contribution in [-0.2, 0) is 4.79 Å². The molecule has 140 valence electrons. The Balaban J connectivity index is 1.68. The molecule has 5 heteroatoms. The molecule has 0 radical (unpaired) electrons. The van der Waals surface area contributed by atoms with Gasteiger partial charge >= 0.3 is 0 Å². The first-order valence-electron chi connectivity index (χ1n) is 8.96. The number of rotatable bonds is 6. The van der Waals surface area contributed by atoms with Crippen LogP contribution >= 0.6 is 0 Å². The molecule has 2 N–H and O–H groups in total. The third-order valence-corrected chi connectivity index (χ3v) is 4.19. The monoisotopic (exact) mass is 371 g/mol. The van der Waals surface area contributed by atoms with E-state index in [2.05, 4.69) is 15.8 Å². The number of nitrogens with zero attached hydrogens (tertiary/aromatic N) is 1. The minimum absolute atomic E-state index is 0.159. The van der Waals surface area contributed by atoms with E-state index in [1.165, 1.54) is 0 Å². The van der Waals surface area contributed by atoms with Crippen LogP contribution in [0.1, 0.15) is 27.0 Å². The van der Waals surface area contributed by atoms with Crippen LogP contribution in [0.15, 0.2) is 90.0 Å². The zero-order valence-corrected chi connectivity index (χ0v) is 15.6. The standard InChI is InChI=1S/C23H21N3O2/c1-17-10-8-9-15-20(17)23(28)24-16-21(27)25-26-22(18-11-4-2-5-12-18)19-13-6-3-7-14-19/h2-15H,16H2,1H3,(H,24,28)(H,25,27). The number of carbonyl (C=O) groups excluding carboxylic acids is 2. The molecular weight excluding hydrogens is 350 g/mol. The first-order valence-corrected chi connectivity index (χ1v) is 8.96. The highest BCUT2D eigenvalue weighted by Crippen LogP contribution is 2.10. The van der Waals surface area contributed by atoms with Gasteiger partial charge in [-0.2, -0.15) is 5.10 Å². The fraction of sp³-hybridized carbons (Fsp3) is 0.0870. The minimum Gasteiger partial charge on any atom is -0.343 e. The average molecular weight is 371 g/mol. The summed E-state index contributed by atoms with van der Waals surface area (Å²) in [6, 6.07) is 26.4. The quantitative estimate of drug-likeness (QED) is 0.516.